The molecule has 0 spiro atoms. The van der Waals surface area contributed by atoms with Crippen LogP contribution < -0.4 is 4.74 Å². The van der Waals surface area contributed by atoms with Crippen molar-refractivity contribution >= 4 is 0 Å². The van der Waals surface area contributed by atoms with Gasteiger partial charge in [0.1, 0.15) is 11.5 Å². The maximum absolute atomic E-state index is 10.8. The molecule has 162 valence electrons. The van der Waals surface area contributed by atoms with Gasteiger partial charge < -0.3 is 9.84 Å². The Bertz CT molecular complexity index is 540. The molecule has 0 fully saturated rings. The summed E-state index contributed by atoms with van der Waals surface area (Å²) < 4.78 is 6.29. The molecular weight excluding hydrogens is 344 g/mol. The molecule has 0 aliphatic rings. The van der Waals surface area contributed by atoms with E-state index < -0.39 is 0 Å². The Morgan fingerprint density at radius 1 is 0.786 bits per heavy atom. The molecule has 1 N–H and O–H groups in total. The van der Waals surface area contributed by atoms with Gasteiger partial charge in [0.15, 0.2) is 0 Å². The summed E-state index contributed by atoms with van der Waals surface area (Å²) in [5.74, 6) is 1.31. The Morgan fingerprint density at radius 2 is 1.21 bits per heavy atom. The summed E-state index contributed by atoms with van der Waals surface area (Å²) >= 11 is 0. The normalized spacial score (nSPS) is 13.6. The molecule has 0 bridgehead atoms. The molecule has 0 amide bonds. The quantitative estimate of drug-likeness (QED) is 0.385. The number of aromatic hydroxyl groups is 1. The summed E-state index contributed by atoms with van der Waals surface area (Å²) in [5.41, 5.74) is 1.69. The number of phenols is 1. The van der Waals surface area contributed by atoms with Crippen LogP contribution in [-0.2, 0) is 10.8 Å². The van der Waals surface area contributed by atoms with Gasteiger partial charge in [-0.3, -0.25) is 0 Å². The number of hydrogen-bond donors (Lipinski definition) is 1. The van der Waals surface area contributed by atoms with Gasteiger partial charge in [0.25, 0.3) is 0 Å². The molecule has 0 heterocycles. The van der Waals surface area contributed by atoms with Crippen LogP contribution in [0.2, 0.25) is 0 Å². The van der Waals surface area contributed by atoms with Gasteiger partial charge in [0.05, 0.1) is 6.10 Å². The van der Waals surface area contributed by atoms with Crippen LogP contribution in [0.4, 0.5) is 0 Å². The number of unbranched alkanes of at least 4 members (excludes halogenated alkanes) is 7. The van der Waals surface area contributed by atoms with Crippen molar-refractivity contribution in [1.29, 1.82) is 0 Å². The van der Waals surface area contributed by atoms with Crippen LogP contribution in [0.1, 0.15) is 124 Å². The predicted octanol–water partition coefficient (Wildman–Crippen LogP) is 8.29. The SMILES string of the molecule is CCCCCCCCCCC(C)Oc1cc(C(C)(C)C)c(O)c(C(C)(C)C)c1. The van der Waals surface area contributed by atoms with E-state index in [2.05, 4.69) is 55.4 Å². The maximum atomic E-state index is 10.8. The molecule has 0 saturated heterocycles. The second-order valence-electron chi connectivity index (χ2n) is 10.6. The van der Waals surface area contributed by atoms with E-state index >= 15 is 0 Å². The molecule has 0 radical (unpaired) electrons. The molecule has 2 heteroatoms. The van der Waals surface area contributed by atoms with Crippen molar-refractivity contribution in [3.8, 4) is 11.5 Å². The zero-order chi connectivity index (χ0) is 21.4. The third-order valence-electron chi connectivity index (χ3n) is 5.50. The smallest absolute Gasteiger partial charge is 0.123 e. The van der Waals surface area contributed by atoms with Crippen LogP contribution in [0.3, 0.4) is 0 Å². The van der Waals surface area contributed by atoms with E-state index in [-0.39, 0.29) is 16.9 Å². The van der Waals surface area contributed by atoms with Gasteiger partial charge in [0, 0.05) is 11.1 Å². The van der Waals surface area contributed by atoms with E-state index in [4.69, 9.17) is 4.74 Å². The first-order valence-electron chi connectivity index (χ1n) is 11.5. The van der Waals surface area contributed by atoms with E-state index in [9.17, 15) is 5.11 Å². The van der Waals surface area contributed by atoms with Crippen LogP contribution in [0, 0.1) is 0 Å². The van der Waals surface area contributed by atoms with Crippen molar-refractivity contribution in [3.63, 3.8) is 0 Å². The lowest BCUT2D eigenvalue weighted by molar-refractivity contribution is 0.205. The first-order chi connectivity index (χ1) is 13.0. The summed E-state index contributed by atoms with van der Waals surface area (Å²) in [6, 6.07) is 4.07. The van der Waals surface area contributed by atoms with Gasteiger partial charge >= 0.3 is 0 Å². The lowest BCUT2D eigenvalue weighted by atomic mass is 9.79. The van der Waals surface area contributed by atoms with Gasteiger partial charge in [-0.05, 0) is 42.7 Å². The highest BCUT2D eigenvalue weighted by atomic mass is 16.5. The van der Waals surface area contributed by atoms with Crippen molar-refractivity contribution < 1.29 is 9.84 Å². The standard InChI is InChI=1S/C26H46O2/c1-9-10-11-12-13-14-15-16-17-20(2)28-21-18-22(25(3,4)5)24(27)23(19-21)26(6,7)8/h18-20,27H,9-17H2,1-8H3. The average molecular weight is 391 g/mol. The summed E-state index contributed by atoms with van der Waals surface area (Å²) in [5, 5.41) is 10.8. The zero-order valence-electron chi connectivity index (χ0n) is 20.0. The first kappa shape index (κ1) is 24.9. The minimum atomic E-state index is -0.121. The Labute approximate surface area is 175 Å². The topological polar surface area (TPSA) is 29.5 Å². The summed E-state index contributed by atoms with van der Waals surface area (Å²) in [4.78, 5) is 0. The number of phenolic OH excluding ortho intramolecular Hbond substituents is 1. The van der Waals surface area contributed by atoms with Crippen LogP contribution in [0.15, 0.2) is 12.1 Å². The van der Waals surface area contributed by atoms with Crippen LogP contribution in [0.25, 0.3) is 0 Å². The lowest BCUT2D eigenvalue weighted by Gasteiger charge is -2.28. The summed E-state index contributed by atoms with van der Waals surface area (Å²) in [7, 11) is 0. The van der Waals surface area contributed by atoms with Gasteiger partial charge in [-0.15, -0.1) is 0 Å². The maximum Gasteiger partial charge on any atom is 0.123 e. The number of benzene rings is 1. The first-order valence-corrected chi connectivity index (χ1v) is 11.5. The van der Waals surface area contributed by atoms with Crippen molar-refractivity contribution in [2.45, 2.75) is 130 Å². The van der Waals surface area contributed by atoms with Gasteiger partial charge in [-0.2, -0.15) is 0 Å². The van der Waals surface area contributed by atoms with E-state index in [1.165, 1.54) is 51.4 Å². The second-order valence-corrected chi connectivity index (χ2v) is 10.6. The molecule has 0 aliphatic heterocycles. The minimum Gasteiger partial charge on any atom is -0.507 e. The average Bonchev–Trinajstić information content (AvgIpc) is 2.56. The molecule has 1 unspecified atom stereocenters. The Kier molecular flexibility index (Phi) is 9.87. The molecule has 1 atom stereocenters. The van der Waals surface area contributed by atoms with E-state index in [1.54, 1.807) is 0 Å². The monoisotopic (exact) mass is 390 g/mol. The highest BCUT2D eigenvalue weighted by molar-refractivity contribution is 5.52. The molecule has 0 aliphatic carbocycles. The number of ether oxygens (including phenoxy) is 1. The fourth-order valence-corrected chi connectivity index (χ4v) is 3.68. The summed E-state index contributed by atoms with van der Waals surface area (Å²) in [6.45, 7) is 17.3. The largest absolute Gasteiger partial charge is 0.507 e. The van der Waals surface area contributed by atoms with Crippen molar-refractivity contribution in [3.05, 3.63) is 23.3 Å². The minimum absolute atomic E-state index is 0.121. The van der Waals surface area contributed by atoms with Gasteiger partial charge in [-0.25, -0.2) is 0 Å². The lowest BCUT2D eigenvalue weighted by Crippen LogP contribution is -2.19. The van der Waals surface area contributed by atoms with Gasteiger partial charge in [-0.1, -0.05) is 93.4 Å². The molecule has 0 saturated carbocycles. The molecule has 0 aromatic heterocycles. The Morgan fingerprint density at radius 3 is 1.64 bits per heavy atom. The van der Waals surface area contributed by atoms with Crippen LogP contribution >= 0.6 is 0 Å². The highest BCUT2D eigenvalue weighted by Gasteiger charge is 2.27. The molecule has 1 rings (SSSR count). The second kappa shape index (κ2) is 11.1. The van der Waals surface area contributed by atoms with Crippen LogP contribution in [0.5, 0.6) is 11.5 Å². The number of hydrogen-bond acceptors (Lipinski definition) is 2. The predicted molar refractivity (Wildman–Crippen MR) is 123 cm³/mol. The fraction of sp³-hybridized carbons (Fsp3) is 0.769. The van der Waals surface area contributed by atoms with Gasteiger partial charge in [0.2, 0.25) is 0 Å². The van der Waals surface area contributed by atoms with Crippen molar-refractivity contribution in [1.82, 2.24) is 0 Å². The third kappa shape index (κ3) is 8.45. The van der Waals surface area contributed by atoms with E-state index in [0.717, 1.165) is 23.3 Å². The van der Waals surface area contributed by atoms with E-state index in [1.807, 2.05) is 12.1 Å². The fourth-order valence-electron chi connectivity index (χ4n) is 3.68. The molecule has 2 nitrogen and oxygen atoms in total. The van der Waals surface area contributed by atoms with E-state index in [0.29, 0.717) is 5.75 Å². The molecular formula is C26H46O2. The Hall–Kier alpha value is -1.18. The van der Waals surface area contributed by atoms with Crippen LogP contribution in [-0.4, -0.2) is 11.2 Å². The van der Waals surface area contributed by atoms with Crippen molar-refractivity contribution in [2.24, 2.45) is 0 Å². The zero-order valence-corrected chi connectivity index (χ0v) is 20.0. The Balaban J connectivity index is 2.65. The third-order valence-corrected chi connectivity index (χ3v) is 5.50. The number of rotatable bonds is 11. The molecule has 28 heavy (non-hydrogen) atoms. The summed E-state index contributed by atoms with van der Waals surface area (Å²) in [6.07, 6.45) is 12.0. The highest BCUT2D eigenvalue weighted by Crippen LogP contribution is 2.41. The molecule has 1 aromatic carbocycles. The van der Waals surface area contributed by atoms with Crippen molar-refractivity contribution in [2.75, 3.05) is 0 Å². The molecule has 1 aromatic rings.